The van der Waals surface area contributed by atoms with Gasteiger partial charge in [-0.25, -0.2) is 0 Å². The van der Waals surface area contributed by atoms with Gasteiger partial charge in [-0.1, -0.05) is 6.92 Å². The Kier molecular flexibility index (Phi) is 9.10. The molecule has 1 N–H and O–H groups in total. The molecule has 0 bridgehead atoms. The van der Waals surface area contributed by atoms with E-state index in [1.807, 2.05) is 6.92 Å². The normalized spacial score (nSPS) is 24.6. The summed E-state index contributed by atoms with van der Waals surface area (Å²) in [7, 11) is 0. The average molecular weight is 511 g/mol. The molecule has 1 rings (SSSR count). The topological polar surface area (TPSA) is 99.1 Å². The fourth-order valence-corrected chi connectivity index (χ4v) is 1.61. The maximum atomic E-state index is 11.2. The summed E-state index contributed by atoms with van der Waals surface area (Å²) >= 11 is 0. The minimum Gasteiger partial charge on any atom is -0.544 e. The van der Waals surface area contributed by atoms with Crippen LogP contribution in [0.1, 0.15) is 26.7 Å². The Morgan fingerprint density at radius 1 is 1.30 bits per heavy atom. The smallest absolute Gasteiger partial charge is 0.306 e. The molecule has 0 spiro atoms. The Morgan fingerprint density at radius 3 is 2.50 bits per heavy atom. The number of hydrogen-bond acceptors (Lipinski definition) is 6. The van der Waals surface area contributed by atoms with Crippen LogP contribution in [0.5, 0.6) is 0 Å². The van der Waals surface area contributed by atoms with Gasteiger partial charge in [0.2, 0.25) is 0 Å². The average Bonchev–Trinajstić information content (AvgIpc) is 2.65. The van der Waals surface area contributed by atoms with Gasteiger partial charge in [-0.15, -0.1) is 0 Å². The predicted octanol–water partition coefficient (Wildman–Crippen LogP) is 0.523. The summed E-state index contributed by atoms with van der Waals surface area (Å²) in [4.78, 5) is 32.3. The molecule has 0 amide bonds. The van der Waals surface area contributed by atoms with Crippen molar-refractivity contribution in [1.82, 2.24) is 0 Å². The molecular formula is C12H17O7U-. The third kappa shape index (κ3) is 6.73. The van der Waals surface area contributed by atoms with E-state index in [9.17, 15) is 14.4 Å². The standard InChI is InChI=1S/C12H17O7.U/c1-7-9(17-6-10(7)19-8(2)13)5-18-12(16)4-3-11(14)15;/h6-7,9-10H,3-5H2,1-2H3,(H,14,15);/q-1;. The summed E-state index contributed by atoms with van der Waals surface area (Å²) in [5.41, 5.74) is 0. The number of aliphatic carboxylic acids is 1. The van der Waals surface area contributed by atoms with E-state index in [4.69, 9.17) is 19.3 Å². The fourth-order valence-electron chi connectivity index (χ4n) is 1.61. The van der Waals surface area contributed by atoms with Crippen molar-refractivity contribution in [2.75, 3.05) is 6.61 Å². The zero-order valence-electron chi connectivity index (χ0n) is 11.3. The Labute approximate surface area is 140 Å². The summed E-state index contributed by atoms with van der Waals surface area (Å²) in [6, 6.07) is 0. The molecule has 3 atom stereocenters. The van der Waals surface area contributed by atoms with E-state index in [1.54, 1.807) is 0 Å². The molecule has 0 aliphatic carbocycles. The van der Waals surface area contributed by atoms with Crippen molar-refractivity contribution in [1.29, 1.82) is 0 Å². The molecule has 3 unspecified atom stereocenters. The van der Waals surface area contributed by atoms with Crippen molar-refractivity contribution in [2.24, 2.45) is 5.92 Å². The van der Waals surface area contributed by atoms with Crippen LogP contribution in [0, 0.1) is 43.6 Å². The maximum Gasteiger partial charge on any atom is 0.306 e. The molecule has 1 fully saturated rings. The summed E-state index contributed by atoms with van der Waals surface area (Å²) in [6.45, 7) is 4.53. The Bertz CT molecular complexity index is 358. The van der Waals surface area contributed by atoms with Gasteiger partial charge in [0.25, 0.3) is 5.97 Å². The fraction of sp³-hybridized carbons (Fsp3) is 0.667. The third-order valence-corrected chi connectivity index (χ3v) is 2.75. The zero-order valence-corrected chi connectivity index (χ0v) is 15.5. The first kappa shape index (κ1) is 19.4. The van der Waals surface area contributed by atoms with Crippen molar-refractivity contribution in [2.45, 2.75) is 38.9 Å². The summed E-state index contributed by atoms with van der Waals surface area (Å²) < 4.78 is 15.2. The first-order chi connectivity index (χ1) is 8.90. The first-order valence-electron chi connectivity index (χ1n) is 5.93. The molecule has 0 saturated carbocycles. The van der Waals surface area contributed by atoms with Crippen molar-refractivity contribution < 1.29 is 64.8 Å². The molecule has 7 nitrogen and oxygen atoms in total. The van der Waals surface area contributed by atoms with Crippen LogP contribution in [0.2, 0.25) is 0 Å². The number of carbonyl (C=O) groups excluding carboxylic acids is 2. The minimum atomic E-state index is -1.05. The molecule has 1 heterocycles. The number of carboxylic acids is 1. The second-order valence-electron chi connectivity index (χ2n) is 4.32. The van der Waals surface area contributed by atoms with Crippen LogP contribution in [-0.2, 0) is 28.6 Å². The van der Waals surface area contributed by atoms with Gasteiger partial charge in [-0.2, -0.15) is 6.61 Å². The van der Waals surface area contributed by atoms with Crippen LogP contribution < -0.4 is 0 Å². The van der Waals surface area contributed by atoms with Gasteiger partial charge in [0.15, 0.2) is 0 Å². The SMILES string of the molecule is CC(=O)OC1[CH-]OC(COC(=O)CCC(=O)O)C1C.[U]. The van der Waals surface area contributed by atoms with Gasteiger partial charge >= 0.3 is 11.9 Å². The van der Waals surface area contributed by atoms with Gasteiger partial charge < -0.3 is 19.3 Å². The van der Waals surface area contributed by atoms with Gasteiger partial charge in [0.05, 0.1) is 18.9 Å². The second-order valence-corrected chi connectivity index (χ2v) is 4.32. The molecule has 112 valence electrons. The molecule has 1 aliphatic heterocycles. The van der Waals surface area contributed by atoms with Gasteiger partial charge in [-0.3, -0.25) is 14.4 Å². The van der Waals surface area contributed by atoms with Crippen LogP contribution in [0.25, 0.3) is 0 Å². The first-order valence-corrected chi connectivity index (χ1v) is 5.93. The number of hydrogen-bond donors (Lipinski definition) is 1. The van der Waals surface area contributed by atoms with E-state index < -0.39 is 30.1 Å². The van der Waals surface area contributed by atoms with Gasteiger partial charge in [-0.05, 0) is 5.92 Å². The molecule has 0 aromatic rings. The van der Waals surface area contributed by atoms with Crippen LogP contribution in [0.4, 0.5) is 0 Å². The van der Waals surface area contributed by atoms with E-state index in [1.165, 1.54) is 13.5 Å². The molecule has 1 saturated heterocycles. The molecule has 20 heavy (non-hydrogen) atoms. The number of rotatable bonds is 6. The van der Waals surface area contributed by atoms with Crippen LogP contribution in [-0.4, -0.2) is 41.8 Å². The minimum absolute atomic E-state index is 0. The Hall–Kier alpha value is -0.578. The summed E-state index contributed by atoms with van der Waals surface area (Å²) in [6.07, 6.45) is -1.28. The van der Waals surface area contributed by atoms with Crippen LogP contribution >= 0.6 is 0 Å². The van der Waals surface area contributed by atoms with Crippen molar-refractivity contribution >= 4 is 17.9 Å². The zero-order chi connectivity index (χ0) is 14.4. The Balaban J connectivity index is 0.00000361. The predicted molar refractivity (Wildman–Crippen MR) is 61.7 cm³/mol. The molecule has 0 radical (unpaired) electrons. The number of esters is 2. The molecule has 1 aliphatic rings. The van der Waals surface area contributed by atoms with E-state index in [-0.39, 0.29) is 56.5 Å². The van der Waals surface area contributed by atoms with E-state index in [2.05, 4.69) is 0 Å². The third-order valence-electron chi connectivity index (χ3n) is 2.75. The monoisotopic (exact) mass is 511 g/mol. The molecular weight excluding hydrogens is 494 g/mol. The van der Waals surface area contributed by atoms with Crippen LogP contribution in [0.15, 0.2) is 0 Å². The summed E-state index contributed by atoms with van der Waals surface area (Å²) in [5.74, 6) is -2.17. The molecule has 0 aromatic carbocycles. The van der Waals surface area contributed by atoms with Crippen molar-refractivity contribution in [3.63, 3.8) is 0 Å². The Morgan fingerprint density at radius 2 is 1.95 bits per heavy atom. The summed E-state index contributed by atoms with van der Waals surface area (Å²) in [5, 5.41) is 8.42. The van der Waals surface area contributed by atoms with E-state index in [0.717, 1.165) is 0 Å². The van der Waals surface area contributed by atoms with E-state index >= 15 is 0 Å². The second kappa shape index (κ2) is 9.37. The van der Waals surface area contributed by atoms with Gasteiger partial charge in [0.1, 0.15) is 6.61 Å². The van der Waals surface area contributed by atoms with Crippen molar-refractivity contribution in [3.05, 3.63) is 6.61 Å². The van der Waals surface area contributed by atoms with E-state index in [0.29, 0.717) is 0 Å². The largest absolute Gasteiger partial charge is 0.544 e. The van der Waals surface area contributed by atoms with Gasteiger partial charge in [0, 0.05) is 44.1 Å². The number of carboxylic acid groups (broad SMARTS) is 1. The van der Waals surface area contributed by atoms with Crippen LogP contribution in [0.3, 0.4) is 0 Å². The molecule has 8 heteroatoms. The number of ether oxygens (including phenoxy) is 3. The maximum absolute atomic E-state index is 11.2. The quantitative estimate of drug-likeness (QED) is 0.410. The molecule has 0 aromatic heterocycles. The van der Waals surface area contributed by atoms with Crippen molar-refractivity contribution in [3.8, 4) is 0 Å². The number of carbonyl (C=O) groups is 3.